The molecule has 1 aliphatic heterocycles. The van der Waals surface area contributed by atoms with E-state index in [1.54, 1.807) is 0 Å². The lowest BCUT2D eigenvalue weighted by atomic mass is 10.2. The number of carbonyl (C=O) groups excluding carboxylic acids is 1. The zero-order chi connectivity index (χ0) is 12.0. The monoisotopic (exact) mass is 228 g/mol. The van der Waals surface area contributed by atoms with Crippen molar-refractivity contribution in [3.8, 4) is 0 Å². The van der Waals surface area contributed by atoms with Gasteiger partial charge in [0.05, 0.1) is 19.6 Å². The fourth-order valence-corrected chi connectivity index (χ4v) is 1.89. The topological polar surface area (TPSA) is 98.5 Å². The van der Waals surface area contributed by atoms with E-state index < -0.39 is 6.10 Å². The number of carbonyl (C=O) groups is 1. The fraction of sp³-hybridized carbons (Fsp3) is 0.889. The Bertz CT molecular complexity index is 290. The van der Waals surface area contributed by atoms with Gasteiger partial charge in [0, 0.05) is 30.6 Å². The first kappa shape index (κ1) is 12.8. The average Bonchev–Trinajstić information content (AvgIpc) is 2.63. The molecule has 2 atom stereocenters. The van der Waals surface area contributed by atoms with E-state index in [0.717, 1.165) is 0 Å². The van der Waals surface area contributed by atoms with Gasteiger partial charge < -0.3 is 9.84 Å². The zero-order valence-corrected chi connectivity index (χ0v) is 9.24. The Labute approximate surface area is 93.6 Å². The first-order chi connectivity index (χ1) is 7.67. The van der Waals surface area contributed by atoms with E-state index in [0.29, 0.717) is 26.1 Å². The van der Waals surface area contributed by atoms with Gasteiger partial charge in [0.2, 0.25) is 0 Å². The molecule has 0 radical (unpaired) electrons. The maximum Gasteiger partial charge on any atom is 0.306 e. The molecule has 16 heavy (non-hydrogen) atoms. The average molecular weight is 228 g/mol. The highest BCUT2D eigenvalue weighted by molar-refractivity contribution is 5.69. The van der Waals surface area contributed by atoms with E-state index in [2.05, 4.69) is 14.8 Å². The van der Waals surface area contributed by atoms with E-state index in [9.17, 15) is 9.90 Å². The molecule has 0 bridgehead atoms. The van der Waals surface area contributed by atoms with Crippen LogP contribution in [0.15, 0.2) is 5.11 Å². The summed E-state index contributed by atoms with van der Waals surface area (Å²) in [7, 11) is 1.35. The van der Waals surface area contributed by atoms with Gasteiger partial charge in [-0.05, 0) is 12.0 Å². The Balaban J connectivity index is 2.42. The summed E-state index contributed by atoms with van der Waals surface area (Å²) in [5.74, 6) is -0.274. The molecule has 90 valence electrons. The van der Waals surface area contributed by atoms with Crippen molar-refractivity contribution in [3.05, 3.63) is 10.4 Å². The normalized spacial score (nSPS) is 25.1. The summed E-state index contributed by atoms with van der Waals surface area (Å²) in [6, 6.07) is 0.0237. The van der Waals surface area contributed by atoms with Gasteiger partial charge in [-0.1, -0.05) is 5.11 Å². The Kier molecular flexibility index (Phi) is 5.04. The highest BCUT2D eigenvalue weighted by Gasteiger charge is 2.30. The van der Waals surface area contributed by atoms with Crippen molar-refractivity contribution in [2.45, 2.75) is 25.0 Å². The molecule has 1 rings (SSSR count). The second kappa shape index (κ2) is 6.32. The van der Waals surface area contributed by atoms with Crippen LogP contribution in [0.2, 0.25) is 0 Å². The van der Waals surface area contributed by atoms with Gasteiger partial charge in [-0.15, -0.1) is 0 Å². The van der Waals surface area contributed by atoms with Crippen LogP contribution in [-0.2, 0) is 9.53 Å². The molecule has 1 fully saturated rings. The molecule has 0 saturated carbocycles. The number of aliphatic hydroxyl groups excluding tert-OH is 1. The minimum Gasteiger partial charge on any atom is -0.469 e. The maximum atomic E-state index is 11.0. The predicted molar refractivity (Wildman–Crippen MR) is 56.6 cm³/mol. The second-order valence-corrected chi connectivity index (χ2v) is 3.78. The molecule has 0 aromatic heterocycles. The summed E-state index contributed by atoms with van der Waals surface area (Å²) < 4.78 is 4.54. The lowest BCUT2D eigenvalue weighted by Gasteiger charge is -2.21. The highest BCUT2D eigenvalue weighted by Crippen LogP contribution is 2.18. The summed E-state index contributed by atoms with van der Waals surface area (Å²) in [4.78, 5) is 15.6. The number of β-amino-alcohol motifs (C(OH)–C–C–N with tert-alkyl or cyclic N) is 1. The van der Waals surface area contributed by atoms with Crippen molar-refractivity contribution < 1.29 is 14.6 Å². The van der Waals surface area contributed by atoms with E-state index >= 15 is 0 Å². The van der Waals surface area contributed by atoms with E-state index in [4.69, 9.17) is 5.53 Å². The minimum absolute atomic E-state index is 0.0237. The maximum absolute atomic E-state index is 11.0. The number of azide groups is 1. The molecule has 1 aliphatic rings. The molecule has 0 amide bonds. The molecule has 0 aromatic carbocycles. The van der Waals surface area contributed by atoms with Gasteiger partial charge in [-0.2, -0.15) is 0 Å². The number of likely N-dealkylation sites (tertiary alicyclic amines) is 1. The molecule has 7 heteroatoms. The Morgan fingerprint density at radius 3 is 3.12 bits per heavy atom. The van der Waals surface area contributed by atoms with Gasteiger partial charge in [0.25, 0.3) is 0 Å². The van der Waals surface area contributed by atoms with Crippen LogP contribution in [-0.4, -0.2) is 54.9 Å². The van der Waals surface area contributed by atoms with Crippen molar-refractivity contribution in [3.63, 3.8) is 0 Å². The number of hydrogen-bond acceptors (Lipinski definition) is 5. The van der Waals surface area contributed by atoms with E-state index in [1.165, 1.54) is 7.11 Å². The lowest BCUT2D eigenvalue weighted by molar-refractivity contribution is -0.141. The summed E-state index contributed by atoms with van der Waals surface area (Å²) in [6.45, 7) is 1.37. The van der Waals surface area contributed by atoms with Crippen LogP contribution in [0.4, 0.5) is 0 Å². The zero-order valence-electron chi connectivity index (χ0n) is 9.24. The van der Waals surface area contributed by atoms with Crippen molar-refractivity contribution in [1.82, 2.24) is 4.90 Å². The number of esters is 1. The van der Waals surface area contributed by atoms with Crippen molar-refractivity contribution in [2.75, 3.05) is 26.7 Å². The number of aliphatic hydroxyl groups is 1. The lowest BCUT2D eigenvalue weighted by Crippen LogP contribution is -2.33. The van der Waals surface area contributed by atoms with Gasteiger partial charge >= 0.3 is 5.97 Å². The van der Waals surface area contributed by atoms with Crippen LogP contribution in [0, 0.1) is 0 Å². The van der Waals surface area contributed by atoms with E-state index in [1.807, 2.05) is 4.90 Å². The SMILES string of the molecule is COC(=O)CCN1C[C@H](O)C[C@@H]1CN=[N+]=[N-]. The fourth-order valence-electron chi connectivity index (χ4n) is 1.89. The molecular weight excluding hydrogens is 212 g/mol. The Hall–Kier alpha value is -1.30. The van der Waals surface area contributed by atoms with Crippen LogP contribution >= 0.6 is 0 Å². The van der Waals surface area contributed by atoms with Crippen molar-refractivity contribution in [1.29, 1.82) is 0 Å². The van der Waals surface area contributed by atoms with Crippen LogP contribution in [0.25, 0.3) is 10.4 Å². The number of nitrogens with zero attached hydrogens (tertiary/aromatic N) is 4. The van der Waals surface area contributed by atoms with Gasteiger partial charge in [0.15, 0.2) is 0 Å². The molecule has 1 heterocycles. The molecule has 0 aliphatic carbocycles. The third-order valence-electron chi connectivity index (χ3n) is 2.69. The van der Waals surface area contributed by atoms with Crippen LogP contribution < -0.4 is 0 Å². The summed E-state index contributed by atoms with van der Waals surface area (Å²) in [5.41, 5.74) is 8.24. The highest BCUT2D eigenvalue weighted by atomic mass is 16.5. The smallest absolute Gasteiger partial charge is 0.306 e. The number of hydrogen-bond donors (Lipinski definition) is 1. The summed E-state index contributed by atoms with van der Waals surface area (Å²) in [6.07, 6.45) is 0.465. The summed E-state index contributed by atoms with van der Waals surface area (Å²) in [5, 5.41) is 13.0. The van der Waals surface area contributed by atoms with Gasteiger partial charge in [-0.3, -0.25) is 9.69 Å². The molecular formula is C9H16N4O3. The third kappa shape index (κ3) is 3.69. The first-order valence-corrected chi connectivity index (χ1v) is 5.17. The van der Waals surface area contributed by atoms with Crippen LogP contribution in [0.1, 0.15) is 12.8 Å². The standard InChI is InChI=1S/C9H16N4O3/c1-16-9(15)2-3-13-6-8(14)4-7(13)5-11-12-10/h7-8,14H,2-6H2,1H3/t7-,8-/m1/s1. The van der Waals surface area contributed by atoms with Gasteiger partial charge in [-0.25, -0.2) is 0 Å². The van der Waals surface area contributed by atoms with Crippen molar-refractivity contribution in [2.24, 2.45) is 5.11 Å². The second-order valence-electron chi connectivity index (χ2n) is 3.78. The molecule has 1 N–H and O–H groups in total. The Morgan fingerprint density at radius 1 is 1.75 bits per heavy atom. The molecule has 1 saturated heterocycles. The molecule has 0 spiro atoms. The molecule has 0 aromatic rings. The largest absolute Gasteiger partial charge is 0.469 e. The van der Waals surface area contributed by atoms with Crippen LogP contribution in [0.3, 0.4) is 0 Å². The number of ether oxygens (including phenoxy) is 1. The third-order valence-corrected chi connectivity index (χ3v) is 2.69. The number of methoxy groups -OCH3 is 1. The van der Waals surface area contributed by atoms with E-state index in [-0.39, 0.29) is 18.4 Å². The predicted octanol–water partition coefficient (Wildman–Crippen LogP) is 0.295. The number of rotatable bonds is 5. The van der Waals surface area contributed by atoms with Crippen molar-refractivity contribution >= 4 is 5.97 Å². The van der Waals surface area contributed by atoms with Gasteiger partial charge in [0.1, 0.15) is 0 Å². The van der Waals surface area contributed by atoms with Crippen LogP contribution in [0.5, 0.6) is 0 Å². The first-order valence-electron chi connectivity index (χ1n) is 5.17. The molecule has 7 nitrogen and oxygen atoms in total. The Morgan fingerprint density at radius 2 is 2.50 bits per heavy atom. The quantitative estimate of drug-likeness (QED) is 0.316. The minimum atomic E-state index is -0.406. The molecule has 0 unspecified atom stereocenters. The summed E-state index contributed by atoms with van der Waals surface area (Å²) >= 11 is 0.